The molecule has 1 aliphatic heterocycles. The number of hydrogen-bond donors (Lipinski definition) is 1. The van der Waals surface area contributed by atoms with E-state index in [1.54, 1.807) is 6.33 Å². The van der Waals surface area contributed by atoms with Crippen LogP contribution in [0.25, 0.3) is 0 Å². The zero-order valence-corrected chi connectivity index (χ0v) is 10.6. The van der Waals surface area contributed by atoms with Crippen LogP contribution in [-0.4, -0.2) is 16.5 Å². The number of nitrogens with zero attached hydrogens (tertiary/aromatic N) is 2. The van der Waals surface area contributed by atoms with Crippen LogP contribution in [0.3, 0.4) is 0 Å². The first-order valence-corrected chi connectivity index (χ1v) is 6.41. The van der Waals surface area contributed by atoms with Gasteiger partial charge in [-0.2, -0.15) is 0 Å². The van der Waals surface area contributed by atoms with Crippen molar-refractivity contribution in [3.8, 4) is 0 Å². The maximum atomic E-state index is 4.46. The number of hydrogen-bond acceptors (Lipinski definition) is 3. The summed E-state index contributed by atoms with van der Waals surface area (Å²) in [5.41, 5.74) is 6.28. The van der Waals surface area contributed by atoms with Crippen molar-refractivity contribution in [2.24, 2.45) is 0 Å². The first-order valence-electron chi connectivity index (χ1n) is 6.41. The summed E-state index contributed by atoms with van der Waals surface area (Å²) in [6.07, 6.45) is 3.61. The lowest BCUT2D eigenvalue weighted by molar-refractivity contribution is 0.618. The highest BCUT2D eigenvalue weighted by Crippen LogP contribution is 2.17. The Morgan fingerprint density at radius 1 is 1.17 bits per heavy atom. The second kappa shape index (κ2) is 4.86. The lowest BCUT2D eigenvalue weighted by Gasteiger charge is -2.18. The van der Waals surface area contributed by atoms with Crippen molar-refractivity contribution in [1.29, 1.82) is 0 Å². The van der Waals surface area contributed by atoms with Crippen LogP contribution in [0.1, 0.15) is 28.1 Å². The molecule has 1 aliphatic rings. The Labute approximate surface area is 107 Å². The summed E-state index contributed by atoms with van der Waals surface area (Å²) < 4.78 is 0. The molecule has 0 radical (unpaired) electrons. The molecular weight excluding hydrogens is 222 g/mol. The van der Waals surface area contributed by atoms with Crippen molar-refractivity contribution >= 4 is 0 Å². The number of fused-ring (bicyclic) bond motifs is 1. The van der Waals surface area contributed by atoms with Gasteiger partial charge in [-0.1, -0.05) is 29.8 Å². The van der Waals surface area contributed by atoms with Crippen molar-refractivity contribution in [1.82, 2.24) is 15.3 Å². The molecule has 0 spiro atoms. The number of benzene rings is 1. The number of aromatic nitrogens is 2. The number of nitrogens with one attached hydrogen (secondary N) is 1. The quantitative estimate of drug-likeness (QED) is 0.871. The Hall–Kier alpha value is -1.74. The molecule has 3 heteroatoms. The Bertz CT molecular complexity index is 546. The molecule has 3 rings (SSSR count). The van der Waals surface area contributed by atoms with Crippen LogP contribution in [0, 0.1) is 6.92 Å². The highest BCUT2D eigenvalue weighted by Gasteiger charge is 2.14. The Balaban J connectivity index is 1.90. The zero-order chi connectivity index (χ0) is 12.4. The Kier molecular flexibility index (Phi) is 3.07. The molecule has 2 heterocycles. The van der Waals surface area contributed by atoms with E-state index in [2.05, 4.69) is 46.5 Å². The maximum Gasteiger partial charge on any atom is 0.115 e. The second-order valence-corrected chi connectivity index (χ2v) is 4.83. The molecule has 1 N–H and O–H groups in total. The van der Waals surface area contributed by atoms with E-state index in [0.717, 1.165) is 31.6 Å². The molecule has 0 amide bonds. The summed E-state index contributed by atoms with van der Waals surface area (Å²) in [7, 11) is 0. The van der Waals surface area contributed by atoms with Crippen molar-refractivity contribution in [2.45, 2.75) is 26.3 Å². The predicted molar refractivity (Wildman–Crippen MR) is 71.4 cm³/mol. The molecule has 2 aromatic rings. The van der Waals surface area contributed by atoms with Crippen LogP contribution in [0.15, 0.2) is 30.6 Å². The summed E-state index contributed by atoms with van der Waals surface area (Å²) in [6, 6.07) is 8.67. The minimum atomic E-state index is 0.896. The molecule has 0 bridgehead atoms. The third kappa shape index (κ3) is 2.27. The summed E-state index contributed by atoms with van der Waals surface area (Å²) in [6.45, 7) is 4.03. The summed E-state index contributed by atoms with van der Waals surface area (Å²) in [4.78, 5) is 8.84. The third-order valence-corrected chi connectivity index (χ3v) is 3.46. The van der Waals surface area contributed by atoms with Gasteiger partial charge in [-0.3, -0.25) is 0 Å². The van der Waals surface area contributed by atoms with Crippen LogP contribution < -0.4 is 5.32 Å². The number of aryl methyl sites for hydroxylation is 1. The van der Waals surface area contributed by atoms with Gasteiger partial charge in [-0.05, 0) is 12.5 Å². The van der Waals surface area contributed by atoms with Gasteiger partial charge < -0.3 is 5.32 Å². The first kappa shape index (κ1) is 11.4. The molecule has 92 valence electrons. The van der Waals surface area contributed by atoms with Crippen LogP contribution in [-0.2, 0) is 19.4 Å². The standard InChI is InChI=1S/C15H17N3/c1-11-2-4-12(5-3-11)8-15-13-9-16-7-6-14(13)17-10-18-15/h2-5,10,16H,6-9H2,1H3. The smallest absolute Gasteiger partial charge is 0.115 e. The SMILES string of the molecule is Cc1ccc(Cc2ncnc3c2CNCC3)cc1. The Morgan fingerprint density at radius 3 is 2.83 bits per heavy atom. The van der Waals surface area contributed by atoms with Crippen molar-refractivity contribution in [3.63, 3.8) is 0 Å². The van der Waals surface area contributed by atoms with Gasteiger partial charge in [0, 0.05) is 37.2 Å². The van der Waals surface area contributed by atoms with E-state index in [1.807, 2.05) is 0 Å². The van der Waals surface area contributed by atoms with Gasteiger partial charge in [0.05, 0.1) is 5.69 Å². The highest BCUT2D eigenvalue weighted by molar-refractivity contribution is 5.32. The van der Waals surface area contributed by atoms with Crippen molar-refractivity contribution in [3.05, 3.63) is 58.7 Å². The molecule has 3 nitrogen and oxygen atoms in total. The van der Waals surface area contributed by atoms with Gasteiger partial charge in [0.25, 0.3) is 0 Å². The van der Waals surface area contributed by atoms with E-state index < -0.39 is 0 Å². The van der Waals surface area contributed by atoms with E-state index in [4.69, 9.17) is 0 Å². The second-order valence-electron chi connectivity index (χ2n) is 4.83. The van der Waals surface area contributed by atoms with Gasteiger partial charge in [-0.15, -0.1) is 0 Å². The average molecular weight is 239 g/mol. The molecule has 18 heavy (non-hydrogen) atoms. The fraction of sp³-hybridized carbons (Fsp3) is 0.333. The van der Waals surface area contributed by atoms with Crippen molar-refractivity contribution < 1.29 is 0 Å². The molecule has 0 saturated carbocycles. The molecule has 1 aromatic carbocycles. The minimum Gasteiger partial charge on any atom is -0.312 e. The maximum absolute atomic E-state index is 4.46. The average Bonchev–Trinajstić information content (AvgIpc) is 2.42. The van der Waals surface area contributed by atoms with Crippen LogP contribution in [0.4, 0.5) is 0 Å². The van der Waals surface area contributed by atoms with Gasteiger partial charge in [0.2, 0.25) is 0 Å². The molecule has 0 atom stereocenters. The van der Waals surface area contributed by atoms with E-state index in [0.29, 0.717) is 0 Å². The van der Waals surface area contributed by atoms with E-state index >= 15 is 0 Å². The predicted octanol–water partition coefficient (Wildman–Crippen LogP) is 2.02. The Morgan fingerprint density at radius 2 is 2.00 bits per heavy atom. The zero-order valence-electron chi connectivity index (χ0n) is 10.6. The molecule has 1 aromatic heterocycles. The van der Waals surface area contributed by atoms with Gasteiger partial charge in [-0.25, -0.2) is 9.97 Å². The monoisotopic (exact) mass is 239 g/mol. The third-order valence-electron chi connectivity index (χ3n) is 3.46. The number of rotatable bonds is 2. The largest absolute Gasteiger partial charge is 0.312 e. The van der Waals surface area contributed by atoms with Gasteiger partial charge in [0.15, 0.2) is 0 Å². The lowest BCUT2D eigenvalue weighted by Crippen LogP contribution is -2.26. The van der Waals surface area contributed by atoms with E-state index in [9.17, 15) is 0 Å². The topological polar surface area (TPSA) is 37.8 Å². The summed E-state index contributed by atoms with van der Waals surface area (Å²) in [5.74, 6) is 0. The van der Waals surface area contributed by atoms with Gasteiger partial charge >= 0.3 is 0 Å². The minimum absolute atomic E-state index is 0.896. The normalized spacial score (nSPS) is 14.3. The van der Waals surface area contributed by atoms with Crippen LogP contribution >= 0.6 is 0 Å². The molecule has 0 unspecified atom stereocenters. The fourth-order valence-electron chi connectivity index (χ4n) is 2.38. The fourth-order valence-corrected chi connectivity index (χ4v) is 2.38. The molecule has 0 fully saturated rings. The first-order chi connectivity index (χ1) is 8.83. The van der Waals surface area contributed by atoms with Crippen LogP contribution in [0.5, 0.6) is 0 Å². The van der Waals surface area contributed by atoms with E-state index in [-0.39, 0.29) is 0 Å². The summed E-state index contributed by atoms with van der Waals surface area (Å²) >= 11 is 0. The van der Waals surface area contributed by atoms with E-state index in [1.165, 1.54) is 22.4 Å². The van der Waals surface area contributed by atoms with Crippen molar-refractivity contribution in [2.75, 3.05) is 6.54 Å². The molecule has 0 aliphatic carbocycles. The van der Waals surface area contributed by atoms with Gasteiger partial charge in [0.1, 0.15) is 6.33 Å². The molecule has 0 saturated heterocycles. The lowest BCUT2D eigenvalue weighted by atomic mass is 10.00. The molecular formula is C15H17N3. The summed E-state index contributed by atoms with van der Waals surface area (Å²) in [5, 5.41) is 3.40. The van der Waals surface area contributed by atoms with Crippen LogP contribution in [0.2, 0.25) is 0 Å². The highest BCUT2D eigenvalue weighted by atomic mass is 14.9.